The third-order valence-corrected chi connectivity index (χ3v) is 4.01. The minimum atomic E-state index is -0.290. The second-order valence-electron chi connectivity index (χ2n) is 5.59. The van der Waals surface area contributed by atoms with Crippen molar-refractivity contribution in [1.82, 2.24) is 4.98 Å². The standard InChI is InChI=1S/C19H14ClN3O3/c20-12-1-3-13(4-2-12)23-19(24)16-7-5-15(10-21-16)22-14-6-8-17-18(9-14)26-11-25-17/h1-10,22H,11H2,(H,23,24). The molecule has 6 nitrogen and oxygen atoms in total. The number of nitrogens with one attached hydrogen (secondary N) is 2. The van der Waals surface area contributed by atoms with Gasteiger partial charge in [-0.05, 0) is 48.5 Å². The molecule has 1 aromatic heterocycles. The molecule has 0 atom stereocenters. The number of aromatic nitrogens is 1. The highest BCUT2D eigenvalue weighted by Crippen LogP contribution is 2.35. The summed E-state index contributed by atoms with van der Waals surface area (Å²) in [6, 6.07) is 15.9. The van der Waals surface area contributed by atoms with Crippen molar-refractivity contribution in [2.45, 2.75) is 0 Å². The van der Waals surface area contributed by atoms with Crippen LogP contribution in [0.15, 0.2) is 60.8 Å². The highest BCUT2D eigenvalue weighted by molar-refractivity contribution is 6.30. The molecule has 0 fully saturated rings. The summed E-state index contributed by atoms with van der Waals surface area (Å²) in [6.45, 7) is 0.234. The summed E-state index contributed by atoms with van der Waals surface area (Å²) in [7, 11) is 0. The Bertz CT molecular complexity index is 943. The third-order valence-electron chi connectivity index (χ3n) is 3.76. The molecule has 0 spiro atoms. The van der Waals surface area contributed by atoms with Gasteiger partial charge in [0.05, 0.1) is 11.9 Å². The fourth-order valence-electron chi connectivity index (χ4n) is 2.47. The number of amides is 1. The van der Waals surface area contributed by atoms with Gasteiger partial charge >= 0.3 is 0 Å². The highest BCUT2D eigenvalue weighted by Gasteiger charge is 2.13. The van der Waals surface area contributed by atoms with Crippen LogP contribution in [0.2, 0.25) is 5.02 Å². The Hall–Kier alpha value is -3.25. The predicted octanol–water partition coefficient (Wildman–Crippen LogP) is 4.46. The Morgan fingerprint density at radius 1 is 0.923 bits per heavy atom. The summed E-state index contributed by atoms with van der Waals surface area (Å²) >= 11 is 5.83. The van der Waals surface area contributed by atoms with E-state index in [4.69, 9.17) is 21.1 Å². The van der Waals surface area contributed by atoms with Gasteiger partial charge in [0.25, 0.3) is 5.91 Å². The number of halogens is 1. The van der Waals surface area contributed by atoms with Gasteiger partial charge in [-0.25, -0.2) is 4.98 Å². The maximum atomic E-state index is 12.2. The fraction of sp³-hybridized carbons (Fsp3) is 0.0526. The lowest BCUT2D eigenvalue weighted by Gasteiger charge is -2.08. The molecule has 1 aliphatic heterocycles. The topological polar surface area (TPSA) is 72.5 Å². The number of nitrogens with zero attached hydrogens (tertiary/aromatic N) is 1. The molecule has 0 saturated carbocycles. The van der Waals surface area contributed by atoms with E-state index in [1.54, 1.807) is 42.6 Å². The van der Waals surface area contributed by atoms with E-state index in [0.717, 1.165) is 17.1 Å². The fourth-order valence-corrected chi connectivity index (χ4v) is 2.60. The molecule has 0 aliphatic carbocycles. The molecule has 7 heteroatoms. The molecule has 1 amide bonds. The summed E-state index contributed by atoms with van der Waals surface area (Å²) in [4.78, 5) is 16.4. The van der Waals surface area contributed by atoms with Crippen molar-refractivity contribution in [3.63, 3.8) is 0 Å². The Morgan fingerprint density at radius 2 is 1.65 bits per heavy atom. The Morgan fingerprint density at radius 3 is 2.42 bits per heavy atom. The van der Waals surface area contributed by atoms with Crippen molar-refractivity contribution in [3.05, 3.63) is 71.5 Å². The van der Waals surface area contributed by atoms with Crippen molar-refractivity contribution in [3.8, 4) is 11.5 Å². The van der Waals surface area contributed by atoms with Crippen LogP contribution in [0.4, 0.5) is 17.1 Å². The van der Waals surface area contributed by atoms with E-state index < -0.39 is 0 Å². The zero-order valence-electron chi connectivity index (χ0n) is 13.5. The molecule has 2 aromatic carbocycles. The molecule has 1 aliphatic rings. The lowest BCUT2D eigenvalue weighted by molar-refractivity contribution is 0.102. The second-order valence-corrected chi connectivity index (χ2v) is 6.02. The Balaban J connectivity index is 1.43. The van der Waals surface area contributed by atoms with Crippen molar-refractivity contribution >= 4 is 34.6 Å². The zero-order valence-corrected chi connectivity index (χ0v) is 14.3. The lowest BCUT2D eigenvalue weighted by Crippen LogP contribution is -2.13. The Kier molecular flexibility index (Phi) is 4.33. The van der Waals surface area contributed by atoms with Crippen molar-refractivity contribution in [2.75, 3.05) is 17.4 Å². The maximum Gasteiger partial charge on any atom is 0.274 e. The molecule has 26 heavy (non-hydrogen) atoms. The molecule has 3 aromatic rings. The van der Waals surface area contributed by atoms with E-state index >= 15 is 0 Å². The first-order valence-corrected chi connectivity index (χ1v) is 8.25. The average molecular weight is 368 g/mol. The van der Waals surface area contributed by atoms with Crippen LogP contribution in [0.5, 0.6) is 11.5 Å². The summed E-state index contributed by atoms with van der Waals surface area (Å²) in [5.41, 5.74) is 2.57. The quantitative estimate of drug-likeness (QED) is 0.712. The van der Waals surface area contributed by atoms with Crippen LogP contribution in [0.25, 0.3) is 0 Å². The van der Waals surface area contributed by atoms with E-state index in [9.17, 15) is 4.79 Å². The van der Waals surface area contributed by atoms with Gasteiger partial charge < -0.3 is 20.1 Å². The number of anilines is 3. The molecule has 2 heterocycles. The Labute approximate surface area is 154 Å². The zero-order chi connectivity index (χ0) is 17.9. The second kappa shape index (κ2) is 6.93. The van der Waals surface area contributed by atoms with E-state index in [-0.39, 0.29) is 12.7 Å². The SMILES string of the molecule is O=C(Nc1ccc(Cl)cc1)c1ccc(Nc2ccc3c(c2)OCO3)cn1. The number of carbonyl (C=O) groups excluding carboxylic acids is 1. The van der Waals surface area contributed by atoms with Gasteiger partial charge in [0.15, 0.2) is 11.5 Å². The van der Waals surface area contributed by atoms with Crippen molar-refractivity contribution in [2.24, 2.45) is 0 Å². The number of benzene rings is 2. The minimum absolute atomic E-state index is 0.234. The molecular weight excluding hydrogens is 354 g/mol. The van der Waals surface area contributed by atoms with Crippen LogP contribution in [-0.2, 0) is 0 Å². The molecule has 0 saturated heterocycles. The maximum absolute atomic E-state index is 12.2. The number of ether oxygens (including phenoxy) is 2. The molecule has 130 valence electrons. The number of pyridine rings is 1. The van der Waals surface area contributed by atoms with Crippen LogP contribution in [-0.4, -0.2) is 17.7 Å². The van der Waals surface area contributed by atoms with Gasteiger partial charge in [0.1, 0.15) is 5.69 Å². The van der Waals surface area contributed by atoms with Crippen molar-refractivity contribution in [1.29, 1.82) is 0 Å². The van der Waals surface area contributed by atoms with Gasteiger partial charge in [-0.15, -0.1) is 0 Å². The summed E-state index contributed by atoms with van der Waals surface area (Å²) in [6.07, 6.45) is 1.60. The number of hydrogen-bond donors (Lipinski definition) is 2. The van der Waals surface area contributed by atoms with Gasteiger partial charge in [-0.1, -0.05) is 11.6 Å². The number of fused-ring (bicyclic) bond motifs is 1. The molecule has 0 unspecified atom stereocenters. The molecule has 0 bridgehead atoms. The number of carbonyl (C=O) groups is 1. The minimum Gasteiger partial charge on any atom is -0.454 e. The number of rotatable bonds is 4. The van der Waals surface area contributed by atoms with Crippen molar-refractivity contribution < 1.29 is 14.3 Å². The van der Waals surface area contributed by atoms with Gasteiger partial charge in [0.2, 0.25) is 6.79 Å². The third kappa shape index (κ3) is 3.55. The van der Waals surface area contributed by atoms with E-state index in [2.05, 4.69) is 15.6 Å². The molecular formula is C19H14ClN3O3. The van der Waals surface area contributed by atoms with Gasteiger partial charge in [-0.3, -0.25) is 4.79 Å². The first kappa shape index (κ1) is 16.2. The first-order valence-electron chi connectivity index (χ1n) is 7.87. The van der Waals surface area contributed by atoms with Crippen LogP contribution < -0.4 is 20.1 Å². The largest absolute Gasteiger partial charge is 0.454 e. The van der Waals surface area contributed by atoms with E-state index in [1.807, 2.05) is 18.2 Å². The van der Waals surface area contributed by atoms with Crippen LogP contribution in [0.3, 0.4) is 0 Å². The van der Waals surface area contributed by atoms with Crippen LogP contribution in [0, 0.1) is 0 Å². The summed E-state index contributed by atoms with van der Waals surface area (Å²) in [5.74, 6) is 1.13. The normalized spacial score (nSPS) is 11.9. The van der Waals surface area contributed by atoms with E-state index in [0.29, 0.717) is 22.2 Å². The van der Waals surface area contributed by atoms with Crippen LogP contribution in [0.1, 0.15) is 10.5 Å². The number of hydrogen-bond acceptors (Lipinski definition) is 5. The lowest BCUT2D eigenvalue weighted by atomic mass is 10.2. The monoisotopic (exact) mass is 367 g/mol. The molecule has 2 N–H and O–H groups in total. The highest BCUT2D eigenvalue weighted by atomic mass is 35.5. The predicted molar refractivity (Wildman–Crippen MR) is 99.5 cm³/mol. The summed E-state index contributed by atoms with van der Waals surface area (Å²) < 4.78 is 10.6. The van der Waals surface area contributed by atoms with E-state index in [1.165, 1.54) is 0 Å². The summed E-state index contributed by atoms with van der Waals surface area (Å²) in [5, 5.41) is 6.59. The van der Waals surface area contributed by atoms with Crippen LogP contribution >= 0.6 is 11.6 Å². The van der Waals surface area contributed by atoms with Gasteiger partial charge in [0, 0.05) is 22.5 Å². The first-order chi connectivity index (χ1) is 12.7. The molecule has 0 radical (unpaired) electrons. The average Bonchev–Trinajstić information content (AvgIpc) is 3.12. The molecule has 4 rings (SSSR count). The smallest absolute Gasteiger partial charge is 0.274 e. The van der Waals surface area contributed by atoms with Gasteiger partial charge in [-0.2, -0.15) is 0 Å².